The van der Waals surface area contributed by atoms with Gasteiger partial charge in [-0.1, -0.05) is 65.3 Å². The van der Waals surface area contributed by atoms with Crippen molar-refractivity contribution in [2.75, 3.05) is 13.1 Å². The fourth-order valence-electron chi connectivity index (χ4n) is 2.80. The Bertz CT molecular complexity index is 935. The molecule has 0 fully saturated rings. The molecule has 2 aromatic carbocycles. The van der Waals surface area contributed by atoms with Crippen LogP contribution in [0.15, 0.2) is 65.2 Å². The van der Waals surface area contributed by atoms with E-state index in [9.17, 15) is 9.59 Å². The second-order valence-corrected chi connectivity index (χ2v) is 6.57. The van der Waals surface area contributed by atoms with Gasteiger partial charge in [-0.2, -0.15) is 0 Å². The molecule has 2 N–H and O–H groups in total. The third-order valence-electron chi connectivity index (χ3n) is 4.21. The van der Waals surface area contributed by atoms with Gasteiger partial charge >= 0.3 is 0 Å². The van der Waals surface area contributed by atoms with Crippen molar-refractivity contribution >= 4 is 11.8 Å². The minimum Gasteiger partial charge on any atom is -0.356 e. The highest BCUT2D eigenvalue weighted by atomic mass is 16.5. The highest BCUT2D eigenvalue weighted by Gasteiger charge is 2.13. The third kappa shape index (κ3) is 5.54. The minimum atomic E-state index is -0.294. The first-order valence-electron chi connectivity index (χ1n) is 9.24. The zero-order valence-electron chi connectivity index (χ0n) is 15.8. The van der Waals surface area contributed by atoms with Gasteiger partial charge in [0.15, 0.2) is 11.5 Å². The molecule has 2 amide bonds. The largest absolute Gasteiger partial charge is 0.356 e. The molecule has 28 heavy (non-hydrogen) atoms. The molecule has 0 spiro atoms. The molecule has 144 valence electrons. The molecule has 3 rings (SSSR count). The number of carbonyl (C=O) groups excluding carboxylic acids is 2. The van der Waals surface area contributed by atoms with Crippen molar-refractivity contribution in [1.82, 2.24) is 15.8 Å². The molecule has 0 aliphatic heterocycles. The van der Waals surface area contributed by atoms with Crippen molar-refractivity contribution in [1.29, 1.82) is 0 Å². The number of nitrogens with zero attached hydrogens (tertiary/aromatic N) is 1. The molecular weight excluding hydrogens is 354 g/mol. The zero-order valence-corrected chi connectivity index (χ0v) is 15.8. The molecule has 6 nitrogen and oxygen atoms in total. The summed E-state index contributed by atoms with van der Waals surface area (Å²) >= 11 is 0. The second-order valence-electron chi connectivity index (χ2n) is 6.57. The van der Waals surface area contributed by atoms with Gasteiger partial charge in [0.05, 0.1) is 6.42 Å². The lowest BCUT2D eigenvalue weighted by molar-refractivity contribution is -0.120. The summed E-state index contributed by atoms with van der Waals surface area (Å²) in [4.78, 5) is 24.1. The predicted octanol–water partition coefficient (Wildman–Crippen LogP) is 3.13. The summed E-state index contributed by atoms with van der Waals surface area (Å²) in [5.41, 5.74) is 3.23. The van der Waals surface area contributed by atoms with Gasteiger partial charge in [-0.15, -0.1) is 0 Å². The Hall–Kier alpha value is -3.41. The number of benzene rings is 2. The van der Waals surface area contributed by atoms with Gasteiger partial charge in [0, 0.05) is 24.7 Å². The van der Waals surface area contributed by atoms with Gasteiger partial charge in [-0.25, -0.2) is 0 Å². The summed E-state index contributed by atoms with van der Waals surface area (Å²) in [5, 5.41) is 9.46. The highest BCUT2D eigenvalue weighted by molar-refractivity contribution is 5.93. The van der Waals surface area contributed by atoms with Gasteiger partial charge in [0.1, 0.15) is 0 Å². The quantitative estimate of drug-likeness (QED) is 0.591. The van der Waals surface area contributed by atoms with Crippen molar-refractivity contribution < 1.29 is 14.1 Å². The van der Waals surface area contributed by atoms with Crippen molar-refractivity contribution in [2.45, 2.75) is 19.8 Å². The normalized spacial score (nSPS) is 10.5. The molecule has 0 aliphatic rings. The lowest BCUT2D eigenvalue weighted by atomic mass is 10.1. The molecule has 1 heterocycles. The zero-order chi connectivity index (χ0) is 19.8. The Morgan fingerprint density at radius 2 is 1.75 bits per heavy atom. The van der Waals surface area contributed by atoms with Crippen LogP contribution in [0.2, 0.25) is 0 Å². The first kappa shape index (κ1) is 19.4. The Morgan fingerprint density at radius 1 is 0.964 bits per heavy atom. The van der Waals surface area contributed by atoms with E-state index in [0.29, 0.717) is 31.7 Å². The number of aromatic nitrogens is 1. The summed E-state index contributed by atoms with van der Waals surface area (Å²) in [6, 6.07) is 19.0. The highest BCUT2D eigenvalue weighted by Crippen LogP contribution is 2.19. The fraction of sp³-hybridized carbons (Fsp3) is 0.227. The predicted molar refractivity (Wildman–Crippen MR) is 107 cm³/mol. The number of aryl methyl sites for hydroxylation is 1. The van der Waals surface area contributed by atoms with E-state index in [4.69, 9.17) is 4.52 Å². The Kier molecular flexibility index (Phi) is 6.57. The van der Waals surface area contributed by atoms with Crippen LogP contribution < -0.4 is 10.6 Å². The van der Waals surface area contributed by atoms with Crippen molar-refractivity contribution in [3.05, 3.63) is 77.5 Å². The SMILES string of the molecule is Cc1cccc(CC(=O)NCCCNC(=O)c2cc(-c3ccccc3)on2)c1. The minimum absolute atomic E-state index is 0.0269. The first-order valence-corrected chi connectivity index (χ1v) is 9.24. The fourth-order valence-corrected chi connectivity index (χ4v) is 2.80. The van der Waals surface area contributed by atoms with Crippen LogP contribution in [0.25, 0.3) is 11.3 Å². The average Bonchev–Trinajstić information content (AvgIpc) is 3.19. The van der Waals surface area contributed by atoms with E-state index >= 15 is 0 Å². The van der Waals surface area contributed by atoms with Gasteiger partial charge < -0.3 is 15.2 Å². The maximum absolute atomic E-state index is 12.1. The van der Waals surface area contributed by atoms with E-state index in [1.165, 1.54) is 0 Å². The van der Waals surface area contributed by atoms with Gasteiger partial charge in [0.2, 0.25) is 5.91 Å². The lowest BCUT2D eigenvalue weighted by Crippen LogP contribution is -2.30. The van der Waals surface area contributed by atoms with Crippen LogP contribution in [0.5, 0.6) is 0 Å². The summed E-state index contributed by atoms with van der Waals surface area (Å²) in [5.74, 6) is 0.229. The van der Waals surface area contributed by atoms with Gasteiger partial charge in [0.25, 0.3) is 5.91 Å². The van der Waals surface area contributed by atoms with Crippen LogP contribution in [0.4, 0.5) is 0 Å². The van der Waals surface area contributed by atoms with E-state index in [1.54, 1.807) is 6.07 Å². The summed E-state index contributed by atoms with van der Waals surface area (Å²) < 4.78 is 5.23. The number of amides is 2. The van der Waals surface area contributed by atoms with E-state index in [0.717, 1.165) is 16.7 Å². The first-order chi connectivity index (χ1) is 13.6. The van der Waals surface area contributed by atoms with E-state index in [2.05, 4.69) is 15.8 Å². The van der Waals surface area contributed by atoms with Crippen molar-refractivity contribution in [2.24, 2.45) is 0 Å². The molecule has 0 atom stereocenters. The Balaban J connectivity index is 1.37. The molecule has 0 unspecified atom stereocenters. The van der Waals surface area contributed by atoms with Crippen LogP contribution >= 0.6 is 0 Å². The lowest BCUT2D eigenvalue weighted by Gasteiger charge is -2.06. The molecule has 6 heteroatoms. The third-order valence-corrected chi connectivity index (χ3v) is 4.21. The molecular formula is C22H23N3O3. The van der Waals surface area contributed by atoms with Crippen molar-refractivity contribution in [3.63, 3.8) is 0 Å². The standard InChI is InChI=1S/C22H23N3O3/c1-16-7-5-8-17(13-16)14-21(26)23-11-6-12-24-22(27)19-15-20(28-25-19)18-9-3-2-4-10-18/h2-5,7-10,13,15H,6,11-12,14H2,1H3,(H,23,26)(H,24,27). The topological polar surface area (TPSA) is 84.2 Å². The number of nitrogens with one attached hydrogen (secondary N) is 2. The summed E-state index contributed by atoms with van der Waals surface area (Å²) in [7, 11) is 0. The number of hydrogen-bond donors (Lipinski definition) is 2. The average molecular weight is 377 g/mol. The van der Waals surface area contributed by atoms with Crippen LogP contribution in [0, 0.1) is 6.92 Å². The van der Waals surface area contributed by atoms with E-state index in [1.807, 2.05) is 61.5 Å². The van der Waals surface area contributed by atoms with E-state index < -0.39 is 0 Å². The second kappa shape index (κ2) is 9.50. The molecule has 0 bridgehead atoms. The Morgan fingerprint density at radius 3 is 2.54 bits per heavy atom. The molecule has 0 aliphatic carbocycles. The molecule has 3 aromatic rings. The molecule has 0 radical (unpaired) electrons. The number of hydrogen-bond acceptors (Lipinski definition) is 4. The van der Waals surface area contributed by atoms with Gasteiger partial charge in [-0.05, 0) is 18.9 Å². The van der Waals surface area contributed by atoms with Gasteiger partial charge in [-0.3, -0.25) is 9.59 Å². The number of carbonyl (C=O) groups is 2. The van der Waals surface area contributed by atoms with Crippen LogP contribution in [-0.4, -0.2) is 30.1 Å². The van der Waals surface area contributed by atoms with Crippen LogP contribution in [-0.2, 0) is 11.2 Å². The smallest absolute Gasteiger partial charge is 0.273 e. The monoisotopic (exact) mass is 377 g/mol. The molecule has 1 aromatic heterocycles. The van der Waals surface area contributed by atoms with Crippen LogP contribution in [0.1, 0.15) is 28.0 Å². The molecule has 0 saturated carbocycles. The maximum Gasteiger partial charge on any atom is 0.273 e. The Labute approximate surface area is 163 Å². The maximum atomic E-state index is 12.1. The summed E-state index contributed by atoms with van der Waals surface area (Å²) in [6.45, 7) is 2.94. The number of rotatable bonds is 8. The van der Waals surface area contributed by atoms with Crippen LogP contribution in [0.3, 0.4) is 0 Å². The van der Waals surface area contributed by atoms with Crippen molar-refractivity contribution in [3.8, 4) is 11.3 Å². The van der Waals surface area contributed by atoms with E-state index in [-0.39, 0.29) is 17.5 Å². The summed E-state index contributed by atoms with van der Waals surface area (Å²) in [6.07, 6.45) is 0.990. The molecule has 0 saturated heterocycles.